The van der Waals surface area contributed by atoms with Gasteiger partial charge in [-0.05, 0) is 57.8 Å². The first kappa shape index (κ1) is 17.0. The molecule has 0 spiro atoms. The third kappa shape index (κ3) is 3.64. The molecule has 0 amide bonds. The topological polar surface area (TPSA) is 61.4 Å². The summed E-state index contributed by atoms with van der Waals surface area (Å²) in [5, 5.41) is 8.50. The molecule has 0 unspecified atom stereocenters. The molecule has 4 heterocycles. The molecule has 0 saturated heterocycles. The summed E-state index contributed by atoms with van der Waals surface area (Å²) in [5.41, 5.74) is 3.90. The third-order valence-corrected chi connectivity index (χ3v) is 4.32. The van der Waals surface area contributed by atoms with Crippen molar-refractivity contribution in [3.05, 3.63) is 45.9 Å². The van der Waals surface area contributed by atoms with Gasteiger partial charge in [-0.25, -0.2) is 0 Å². The van der Waals surface area contributed by atoms with Crippen molar-refractivity contribution in [2.75, 3.05) is 0 Å². The average Bonchev–Trinajstić information content (AvgIpc) is 3.17. The van der Waals surface area contributed by atoms with Crippen LogP contribution in [0.3, 0.4) is 0 Å². The van der Waals surface area contributed by atoms with Crippen molar-refractivity contribution in [3.8, 4) is 0 Å². The Morgan fingerprint density at radius 3 is 2.29 bits per heavy atom. The maximum Gasteiger partial charge on any atom is 0.112 e. The summed E-state index contributed by atoms with van der Waals surface area (Å²) in [5.74, 6) is 0. The Hall–Kier alpha value is -1.80. The van der Waals surface area contributed by atoms with Crippen LogP contribution >= 0.6 is 31.9 Å². The Labute approximate surface area is 156 Å². The monoisotopic (exact) mass is 450 g/mol. The van der Waals surface area contributed by atoms with Gasteiger partial charge in [0.1, 0.15) is 16.6 Å². The minimum atomic E-state index is 0.877. The van der Waals surface area contributed by atoms with Gasteiger partial charge in [0.2, 0.25) is 0 Å². The summed E-state index contributed by atoms with van der Waals surface area (Å²) in [4.78, 5) is 8.44. The van der Waals surface area contributed by atoms with E-state index in [2.05, 4.69) is 65.9 Å². The molecule has 4 aromatic rings. The molecule has 0 aromatic carbocycles. The van der Waals surface area contributed by atoms with Crippen molar-refractivity contribution in [2.24, 2.45) is 0 Å². The molecule has 0 radical (unpaired) electrons. The van der Waals surface area contributed by atoms with Crippen LogP contribution in [-0.2, 0) is 13.1 Å². The lowest BCUT2D eigenvalue weighted by atomic mass is 10.4. The first-order valence-corrected chi connectivity index (χ1v) is 9.15. The summed E-state index contributed by atoms with van der Waals surface area (Å²) in [6.07, 6.45) is 7.29. The van der Waals surface area contributed by atoms with Crippen molar-refractivity contribution >= 4 is 53.9 Å². The van der Waals surface area contributed by atoms with Gasteiger partial charge in [-0.2, -0.15) is 10.2 Å². The molecule has 0 fully saturated rings. The lowest BCUT2D eigenvalue weighted by molar-refractivity contribution is 0.667. The fourth-order valence-corrected chi connectivity index (χ4v) is 2.91. The molecule has 0 aliphatic heterocycles. The summed E-state index contributed by atoms with van der Waals surface area (Å²) in [6.45, 7) is 5.88. The summed E-state index contributed by atoms with van der Waals surface area (Å²) >= 11 is 6.73. The Bertz CT molecular complexity index is 969. The van der Waals surface area contributed by atoms with Gasteiger partial charge in [0.05, 0.1) is 17.9 Å². The van der Waals surface area contributed by atoms with E-state index < -0.39 is 0 Å². The van der Waals surface area contributed by atoms with Crippen LogP contribution in [0.2, 0.25) is 0 Å². The van der Waals surface area contributed by atoms with E-state index in [-0.39, 0.29) is 0 Å². The number of hydrogen-bond donors (Lipinski definition) is 0. The van der Waals surface area contributed by atoms with E-state index >= 15 is 0 Å². The van der Waals surface area contributed by atoms with Crippen molar-refractivity contribution in [1.82, 2.24) is 29.5 Å². The van der Waals surface area contributed by atoms with Crippen LogP contribution in [0.5, 0.6) is 0 Å². The highest BCUT2D eigenvalue weighted by atomic mass is 79.9. The van der Waals surface area contributed by atoms with E-state index in [1.165, 1.54) is 0 Å². The highest BCUT2D eigenvalue weighted by molar-refractivity contribution is 9.10. The summed E-state index contributed by atoms with van der Waals surface area (Å²) in [6, 6.07) is 3.99. The first-order valence-electron chi connectivity index (χ1n) is 7.56. The van der Waals surface area contributed by atoms with Crippen molar-refractivity contribution in [3.63, 3.8) is 0 Å². The van der Waals surface area contributed by atoms with Crippen LogP contribution in [0.4, 0.5) is 0 Å². The second kappa shape index (κ2) is 7.40. The molecule has 0 aliphatic rings. The molecule has 4 aromatic heterocycles. The number of fused-ring (bicyclic) bond motifs is 2. The number of pyridine rings is 2. The molecule has 124 valence electrons. The second-order valence-electron chi connectivity index (χ2n) is 5.06. The van der Waals surface area contributed by atoms with Gasteiger partial charge in [-0.3, -0.25) is 19.3 Å². The van der Waals surface area contributed by atoms with Gasteiger partial charge in [0, 0.05) is 34.4 Å². The van der Waals surface area contributed by atoms with E-state index in [9.17, 15) is 0 Å². The lowest BCUT2D eigenvalue weighted by Gasteiger charge is -1.97. The van der Waals surface area contributed by atoms with E-state index in [0.717, 1.165) is 44.1 Å². The zero-order valence-electron chi connectivity index (χ0n) is 13.3. The van der Waals surface area contributed by atoms with Crippen molar-refractivity contribution in [1.29, 1.82) is 0 Å². The quantitative estimate of drug-likeness (QED) is 0.452. The zero-order chi connectivity index (χ0) is 17.1. The second-order valence-corrected chi connectivity index (χ2v) is 6.89. The number of aromatic nitrogens is 6. The summed E-state index contributed by atoms with van der Waals surface area (Å²) in [7, 11) is 0. The Kier molecular flexibility index (Phi) is 5.25. The van der Waals surface area contributed by atoms with Crippen LogP contribution < -0.4 is 0 Å². The fourth-order valence-electron chi connectivity index (χ4n) is 2.27. The maximum atomic E-state index is 4.32. The van der Waals surface area contributed by atoms with Crippen LogP contribution in [0.1, 0.15) is 13.8 Å². The first-order chi connectivity index (χ1) is 11.6. The van der Waals surface area contributed by atoms with Gasteiger partial charge < -0.3 is 0 Å². The highest BCUT2D eigenvalue weighted by Gasteiger charge is 2.01. The third-order valence-electron chi connectivity index (χ3n) is 3.46. The highest BCUT2D eigenvalue weighted by Crippen LogP contribution is 2.16. The van der Waals surface area contributed by atoms with Crippen LogP contribution in [-0.4, -0.2) is 29.5 Å². The minimum Gasteiger partial charge on any atom is -0.270 e. The molecule has 0 bridgehead atoms. The molecule has 0 saturated carbocycles. The Balaban J connectivity index is 0.000000141. The SMILES string of the molecule is CCn1cc2ncc(Br)cc2n1.CCn1ncc2ncc(Br)cc21. The van der Waals surface area contributed by atoms with Crippen molar-refractivity contribution < 1.29 is 0 Å². The maximum absolute atomic E-state index is 4.32. The normalized spacial score (nSPS) is 10.8. The standard InChI is InChI=1S/2C8H8BrN3/c1-2-12-8-3-6(9)4-10-7(8)5-11-12;1-2-12-5-8-7(11-12)3-6(9)4-10-8/h2*3-5H,2H2,1H3. The number of aryl methyl sites for hydroxylation is 2. The smallest absolute Gasteiger partial charge is 0.112 e. The molecular weight excluding hydrogens is 436 g/mol. The minimum absolute atomic E-state index is 0.877. The molecule has 8 heteroatoms. The largest absolute Gasteiger partial charge is 0.270 e. The van der Waals surface area contributed by atoms with Gasteiger partial charge in [-0.1, -0.05) is 0 Å². The van der Waals surface area contributed by atoms with E-state index in [1.54, 1.807) is 18.6 Å². The predicted molar refractivity (Wildman–Crippen MR) is 102 cm³/mol. The number of nitrogens with zero attached hydrogens (tertiary/aromatic N) is 6. The van der Waals surface area contributed by atoms with Crippen LogP contribution in [0.25, 0.3) is 22.1 Å². The van der Waals surface area contributed by atoms with Gasteiger partial charge in [-0.15, -0.1) is 0 Å². The predicted octanol–water partition coefficient (Wildman–Crippen LogP) is 4.43. The summed E-state index contributed by atoms with van der Waals surface area (Å²) < 4.78 is 5.76. The fraction of sp³-hybridized carbons (Fsp3) is 0.250. The molecule has 0 atom stereocenters. The molecular formula is C16H16Br2N6. The van der Waals surface area contributed by atoms with Gasteiger partial charge in [0.25, 0.3) is 0 Å². The van der Waals surface area contributed by atoms with E-state index in [0.29, 0.717) is 0 Å². The van der Waals surface area contributed by atoms with E-state index in [1.807, 2.05) is 27.7 Å². The van der Waals surface area contributed by atoms with Crippen LogP contribution in [0, 0.1) is 0 Å². The lowest BCUT2D eigenvalue weighted by Crippen LogP contribution is -1.95. The van der Waals surface area contributed by atoms with E-state index in [4.69, 9.17) is 0 Å². The van der Waals surface area contributed by atoms with Gasteiger partial charge >= 0.3 is 0 Å². The number of rotatable bonds is 2. The molecule has 0 aliphatic carbocycles. The molecule has 4 rings (SSSR count). The van der Waals surface area contributed by atoms with Crippen LogP contribution in [0.15, 0.2) is 45.9 Å². The van der Waals surface area contributed by atoms with Gasteiger partial charge in [0.15, 0.2) is 0 Å². The molecule has 0 N–H and O–H groups in total. The molecule has 6 nitrogen and oxygen atoms in total. The number of halogens is 2. The Morgan fingerprint density at radius 1 is 0.875 bits per heavy atom. The molecule has 24 heavy (non-hydrogen) atoms. The van der Waals surface area contributed by atoms with Crippen molar-refractivity contribution in [2.45, 2.75) is 26.9 Å². The number of hydrogen-bond acceptors (Lipinski definition) is 4. The average molecular weight is 452 g/mol. The Morgan fingerprint density at radius 2 is 1.58 bits per heavy atom. The zero-order valence-corrected chi connectivity index (χ0v) is 16.5.